The number of nitrogens with one attached hydrogen (secondary N) is 1. The average Bonchev–Trinajstić information content (AvgIpc) is 2.71. The summed E-state index contributed by atoms with van der Waals surface area (Å²) in [5.74, 6) is 0. The molecule has 0 amide bonds. The number of halogens is 1. The largest absolute Gasteiger partial charge is 0.345 e. The highest BCUT2D eigenvalue weighted by molar-refractivity contribution is 6.30. The van der Waals surface area contributed by atoms with Gasteiger partial charge in [0.25, 0.3) is 0 Å². The Labute approximate surface area is 93.6 Å². The second kappa shape index (κ2) is 4.80. The first-order valence-electron chi connectivity index (χ1n) is 4.74. The quantitative estimate of drug-likeness (QED) is 0.841. The number of hydrogen-bond acceptors (Lipinski definition) is 1. The third-order valence-corrected chi connectivity index (χ3v) is 2.29. The van der Waals surface area contributed by atoms with Crippen molar-refractivity contribution in [2.45, 2.75) is 6.42 Å². The summed E-state index contributed by atoms with van der Waals surface area (Å²) in [4.78, 5) is 6.94. The molecule has 0 bridgehead atoms. The molecule has 0 saturated heterocycles. The van der Waals surface area contributed by atoms with Crippen LogP contribution in [0.2, 0.25) is 5.02 Å². The van der Waals surface area contributed by atoms with Crippen molar-refractivity contribution in [2.24, 2.45) is 0 Å². The molecule has 0 aliphatic heterocycles. The third kappa shape index (κ3) is 2.96. The Bertz CT molecular complexity index is 446. The first-order chi connectivity index (χ1) is 7.34. The molecular weight excluding hydrogens is 208 g/mol. The van der Waals surface area contributed by atoms with Gasteiger partial charge in [0, 0.05) is 5.02 Å². The predicted molar refractivity (Wildman–Crippen MR) is 62.8 cm³/mol. The number of allylic oxidation sites excluding steroid dienone is 1. The summed E-state index contributed by atoms with van der Waals surface area (Å²) < 4.78 is 0. The van der Waals surface area contributed by atoms with Gasteiger partial charge in [-0.2, -0.15) is 0 Å². The molecule has 2 rings (SSSR count). The molecule has 0 aliphatic carbocycles. The summed E-state index contributed by atoms with van der Waals surface area (Å²) in [6.07, 6.45) is 8.42. The van der Waals surface area contributed by atoms with Crippen LogP contribution in [0.5, 0.6) is 0 Å². The minimum Gasteiger partial charge on any atom is -0.345 e. The van der Waals surface area contributed by atoms with Gasteiger partial charge in [-0.1, -0.05) is 29.8 Å². The molecule has 3 heteroatoms. The van der Waals surface area contributed by atoms with Gasteiger partial charge < -0.3 is 4.98 Å². The predicted octanol–water partition coefficient (Wildman–Crippen LogP) is 3.32. The Morgan fingerprint density at radius 1 is 1.40 bits per heavy atom. The van der Waals surface area contributed by atoms with Gasteiger partial charge in [-0.3, -0.25) is 0 Å². The molecule has 0 unspecified atom stereocenters. The summed E-state index contributed by atoms with van der Waals surface area (Å²) in [5, 5.41) is 0.780. The number of nitrogens with zero attached hydrogens (tertiary/aromatic N) is 1. The van der Waals surface area contributed by atoms with Gasteiger partial charge in [-0.25, -0.2) is 4.98 Å². The summed E-state index contributed by atoms with van der Waals surface area (Å²) in [7, 11) is 0. The van der Waals surface area contributed by atoms with E-state index in [4.69, 9.17) is 11.6 Å². The number of imidazole rings is 1. The fraction of sp³-hybridized carbons (Fsp3) is 0.0833. The maximum Gasteiger partial charge on any atom is 0.0924 e. The van der Waals surface area contributed by atoms with Gasteiger partial charge in [-0.15, -0.1) is 0 Å². The van der Waals surface area contributed by atoms with Crippen LogP contribution in [-0.2, 0) is 6.42 Å². The molecule has 0 radical (unpaired) electrons. The molecule has 15 heavy (non-hydrogen) atoms. The number of H-pyrrole nitrogens is 1. The lowest BCUT2D eigenvalue weighted by Crippen LogP contribution is -1.79. The number of aromatic amines is 1. The van der Waals surface area contributed by atoms with Gasteiger partial charge in [0.15, 0.2) is 0 Å². The van der Waals surface area contributed by atoms with Crippen molar-refractivity contribution in [2.75, 3.05) is 0 Å². The lowest BCUT2D eigenvalue weighted by Gasteiger charge is -1.96. The smallest absolute Gasteiger partial charge is 0.0924 e. The maximum absolute atomic E-state index is 5.88. The molecule has 1 heterocycles. The third-order valence-electron chi connectivity index (χ3n) is 2.06. The maximum atomic E-state index is 5.88. The van der Waals surface area contributed by atoms with Crippen LogP contribution in [-0.4, -0.2) is 9.97 Å². The van der Waals surface area contributed by atoms with Crippen molar-refractivity contribution in [1.29, 1.82) is 0 Å². The summed E-state index contributed by atoms with van der Waals surface area (Å²) in [6, 6.07) is 7.87. The molecule has 0 aliphatic rings. The monoisotopic (exact) mass is 218 g/mol. The van der Waals surface area contributed by atoms with E-state index in [9.17, 15) is 0 Å². The summed E-state index contributed by atoms with van der Waals surface area (Å²) >= 11 is 5.88. The average molecular weight is 219 g/mol. The van der Waals surface area contributed by atoms with E-state index in [0.717, 1.165) is 17.1 Å². The van der Waals surface area contributed by atoms with Gasteiger partial charge in [-0.05, 0) is 30.2 Å². The fourth-order valence-corrected chi connectivity index (χ4v) is 1.56. The van der Waals surface area contributed by atoms with Crippen molar-refractivity contribution in [3.63, 3.8) is 0 Å². The molecule has 0 fully saturated rings. The standard InChI is InChI=1S/C12H11ClN2/c13-11-5-1-3-10(7-11)4-2-6-12-8-14-9-15-12/h1-3,5-9H,4H2,(H,14,15). The lowest BCUT2D eigenvalue weighted by atomic mass is 10.1. The fourth-order valence-electron chi connectivity index (χ4n) is 1.34. The topological polar surface area (TPSA) is 28.7 Å². The Kier molecular flexibility index (Phi) is 3.20. The van der Waals surface area contributed by atoms with E-state index in [1.54, 1.807) is 12.5 Å². The number of benzene rings is 1. The van der Waals surface area contributed by atoms with Crippen molar-refractivity contribution in [1.82, 2.24) is 9.97 Å². The molecular formula is C12H11ClN2. The Morgan fingerprint density at radius 3 is 3.07 bits per heavy atom. The summed E-state index contributed by atoms with van der Waals surface area (Å²) in [5.41, 5.74) is 2.22. The van der Waals surface area contributed by atoms with Crippen LogP contribution in [0.1, 0.15) is 11.3 Å². The molecule has 76 valence electrons. The van der Waals surface area contributed by atoms with E-state index in [1.165, 1.54) is 5.56 Å². The van der Waals surface area contributed by atoms with Gasteiger partial charge >= 0.3 is 0 Å². The second-order valence-corrected chi connectivity index (χ2v) is 3.68. The van der Waals surface area contributed by atoms with Crippen LogP contribution >= 0.6 is 11.6 Å². The van der Waals surface area contributed by atoms with Crippen LogP contribution in [0.4, 0.5) is 0 Å². The number of rotatable bonds is 3. The highest BCUT2D eigenvalue weighted by atomic mass is 35.5. The van der Waals surface area contributed by atoms with Crippen molar-refractivity contribution in [3.05, 3.63) is 59.1 Å². The highest BCUT2D eigenvalue weighted by Crippen LogP contribution is 2.11. The zero-order chi connectivity index (χ0) is 10.5. The minimum absolute atomic E-state index is 0.780. The molecule has 1 N–H and O–H groups in total. The van der Waals surface area contributed by atoms with Crippen LogP contribution in [0, 0.1) is 0 Å². The Balaban J connectivity index is 1.99. The van der Waals surface area contributed by atoms with E-state index in [0.29, 0.717) is 0 Å². The zero-order valence-electron chi connectivity index (χ0n) is 8.15. The first kappa shape index (κ1) is 9.99. The highest BCUT2D eigenvalue weighted by Gasteiger charge is 1.91. The normalized spacial score (nSPS) is 11.0. The van der Waals surface area contributed by atoms with Crippen molar-refractivity contribution >= 4 is 17.7 Å². The van der Waals surface area contributed by atoms with Gasteiger partial charge in [0.1, 0.15) is 0 Å². The molecule has 2 nitrogen and oxygen atoms in total. The van der Waals surface area contributed by atoms with E-state index in [1.807, 2.05) is 24.3 Å². The molecule has 2 aromatic rings. The molecule has 0 saturated carbocycles. The van der Waals surface area contributed by atoms with E-state index in [2.05, 4.69) is 22.1 Å². The number of aromatic nitrogens is 2. The van der Waals surface area contributed by atoms with Crippen LogP contribution in [0.15, 0.2) is 42.9 Å². The number of hydrogen-bond donors (Lipinski definition) is 1. The van der Waals surface area contributed by atoms with E-state index in [-0.39, 0.29) is 0 Å². The van der Waals surface area contributed by atoms with Crippen LogP contribution in [0.3, 0.4) is 0 Å². The SMILES string of the molecule is Clc1cccc(CC=Cc2cnc[nH]2)c1. The van der Waals surface area contributed by atoms with E-state index >= 15 is 0 Å². The van der Waals surface area contributed by atoms with Crippen LogP contribution in [0.25, 0.3) is 6.08 Å². The second-order valence-electron chi connectivity index (χ2n) is 3.24. The molecule has 1 aromatic carbocycles. The van der Waals surface area contributed by atoms with E-state index < -0.39 is 0 Å². The first-order valence-corrected chi connectivity index (χ1v) is 5.12. The zero-order valence-corrected chi connectivity index (χ0v) is 8.91. The Hall–Kier alpha value is -1.54. The van der Waals surface area contributed by atoms with Crippen LogP contribution < -0.4 is 0 Å². The van der Waals surface area contributed by atoms with Crippen molar-refractivity contribution < 1.29 is 0 Å². The summed E-state index contributed by atoms with van der Waals surface area (Å²) in [6.45, 7) is 0. The Morgan fingerprint density at radius 2 is 2.33 bits per heavy atom. The van der Waals surface area contributed by atoms with Gasteiger partial charge in [0.05, 0.1) is 18.2 Å². The molecule has 0 atom stereocenters. The minimum atomic E-state index is 0.780. The van der Waals surface area contributed by atoms with Crippen molar-refractivity contribution in [3.8, 4) is 0 Å². The van der Waals surface area contributed by atoms with Gasteiger partial charge in [0.2, 0.25) is 0 Å². The lowest BCUT2D eigenvalue weighted by molar-refractivity contribution is 1.27. The molecule has 1 aromatic heterocycles. The molecule has 0 spiro atoms.